The molecule has 2 N–H and O–H groups in total. The predicted molar refractivity (Wildman–Crippen MR) is 114 cm³/mol. The van der Waals surface area contributed by atoms with E-state index in [1.165, 1.54) is 4.57 Å². The Bertz CT molecular complexity index is 1130. The Morgan fingerprint density at radius 3 is 2.59 bits per heavy atom. The Kier molecular flexibility index (Phi) is 5.84. The summed E-state index contributed by atoms with van der Waals surface area (Å²) in [6, 6.07) is 14.1. The van der Waals surface area contributed by atoms with Crippen LogP contribution in [-0.4, -0.2) is 59.8 Å². The van der Waals surface area contributed by atoms with Gasteiger partial charge in [0.25, 0.3) is 11.5 Å². The first kappa shape index (κ1) is 19.5. The van der Waals surface area contributed by atoms with Crippen LogP contribution in [-0.2, 0) is 4.74 Å². The maximum absolute atomic E-state index is 12.8. The molecule has 0 radical (unpaired) electrons. The Morgan fingerprint density at radius 2 is 1.83 bits per heavy atom. The summed E-state index contributed by atoms with van der Waals surface area (Å²) in [5.41, 5.74) is 1.67. The molecule has 1 aliphatic rings. The van der Waals surface area contributed by atoms with E-state index in [4.69, 9.17) is 17.0 Å². The first-order chi connectivity index (χ1) is 14.1. The number of fused-ring (bicyclic) bond motifs is 1. The lowest BCUT2D eigenvalue weighted by atomic mass is 10.2. The third-order valence-electron chi connectivity index (χ3n) is 5.01. The number of nitrogens with zero attached hydrogens (tertiary/aromatic N) is 2. The van der Waals surface area contributed by atoms with Crippen molar-refractivity contribution in [3.05, 3.63) is 69.2 Å². The van der Waals surface area contributed by atoms with Crippen molar-refractivity contribution in [1.82, 2.24) is 19.8 Å². The number of ether oxygens (including phenoxy) is 1. The number of carbonyl (C=O) groups is 1. The van der Waals surface area contributed by atoms with Gasteiger partial charge < -0.3 is 15.0 Å². The van der Waals surface area contributed by atoms with Gasteiger partial charge in [-0.2, -0.15) is 0 Å². The number of aromatic amines is 1. The minimum absolute atomic E-state index is 0.138. The van der Waals surface area contributed by atoms with E-state index in [2.05, 4.69) is 15.2 Å². The SMILES string of the molecule is O=C(NCCN1CCOCC1)c1ccc(-n2c(=S)[nH]c3ccccc3c2=O)cc1. The van der Waals surface area contributed by atoms with Crippen LogP contribution in [0.15, 0.2) is 53.3 Å². The molecule has 4 rings (SSSR count). The second kappa shape index (κ2) is 8.69. The van der Waals surface area contributed by atoms with E-state index in [0.717, 1.165) is 32.8 Å². The second-order valence-corrected chi connectivity index (χ2v) is 7.26. The van der Waals surface area contributed by atoms with Gasteiger partial charge >= 0.3 is 0 Å². The molecule has 2 aromatic carbocycles. The molecule has 150 valence electrons. The van der Waals surface area contributed by atoms with Crippen LogP contribution in [0.1, 0.15) is 10.4 Å². The number of rotatable bonds is 5. The van der Waals surface area contributed by atoms with Crippen molar-refractivity contribution in [1.29, 1.82) is 0 Å². The summed E-state index contributed by atoms with van der Waals surface area (Å²) in [6.45, 7) is 4.65. The summed E-state index contributed by atoms with van der Waals surface area (Å²) < 4.78 is 7.08. The number of amides is 1. The highest BCUT2D eigenvalue weighted by Gasteiger charge is 2.12. The first-order valence-corrected chi connectivity index (χ1v) is 9.97. The zero-order valence-electron chi connectivity index (χ0n) is 15.9. The molecule has 0 unspecified atom stereocenters. The molecule has 0 aliphatic carbocycles. The van der Waals surface area contributed by atoms with E-state index in [1.807, 2.05) is 18.2 Å². The summed E-state index contributed by atoms with van der Waals surface area (Å²) in [5, 5.41) is 3.50. The number of H-pyrrole nitrogens is 1. The van der Waals surface area contributed by atoms with Crippen molar-refractivity contribution in [2.24, 2.45) is 0 Å². The van der Waals surface area contributed by atoms with Crippen molar-refractivity contribution in [2.45, 2.75) is 0 Å². The largest absolute Gasteiger partial charge is 0.379 e. The normalized spacial score (nSPS) is 14.8. The topological polar surface area (TPSA) is 79.4 Å². The smallest absolute Gasteiger partial charge is 0.266 e. The van der Waals surface area contributed by atoms with Crippen LogP contribution in [0, 0.1) is 4.77 Å². The molecule has 1 amide bonds. The quantitative estimate of drug-likeness (QED) is 0.630. The fourth-order valence-electron chi connectivity index (χ4n) is 3.41. The monoisotopic (exact) mass is 410 g/mol. The van der Waals surface area contributed by atoms with Gasteiger partial charge in [0.2, 0.25) is 0 Å². The van der Waals surface area contributed by atoms with Gasteiger partial charge in [-0.25, -0.2) is 0 Å². The molecule has 7 nitrogen and oxygen atoms in total. The number of nitrogens with one attached hydrogen (secondary N) is 2. The Balaban J connectivity index is 1.48. The summed E-state index contributed by atoms with van der Waals surface area (Å²) >= 11 is 5.37. The maximum atomic E-state index is 12.8. The summed E-state index contributed by atoms with van der Waals surface area (Å²) in [7, 11) is 0. The molecule has 1 aliphatic heterocycles. The van der Waals surface area contributed by atoms with Crippen LogP contribution in [0.2, 0.25) is 0 Å². The van der Waals surface area contributed by atoms with Gasteiger partial charge in [0.05, 0.1) is 29.8 Å². The van der Waals surface area contributed by atoms with Gasteiger partial charge in [0.15, 0.2) is 4.77 Å². The zero-order chi connectivity index (χ0) is 20.2. The van der Waals surface area contributed by atoms with Crippen LogP contribution < -0.4 is 10.9 Å². The number of morpholine rings is 1. The summed E-state index contributed by atoms with van der Waals surface area (Å²) in [4.78, 5) is 30.6. The molecule has 0 spiro atoms. The van der Waals surface area contributed by atoms with E-state index in [0.29, 0.717) is 33.5 Å². The highest BCUT2D eigenvalue weighted by molar-refractivity contribution is 7.71. The van der Waals surface area contributed by atoms with Crippen molar-refractivity contribution in [3.63, 3.8) is 0 Å². The average molecular weight is 410 g/mol. The van der Waals surface area contributed by atoms with Crippen LogP contribution in [0.3, 0.4) is 0 Å². The van der Waals surface area contributed by atoms with Gasteiger partial charge in [0.1, 0.15) is 0 Å². The fraction of sp³-hybridized carbons (Fsp3) is 0.286. The molecule has 2 heterocycles. The Hall–Kier alpha value is -2.81. The molecule has 0 saturated carbocycles. The van der Waals surface area contributed by atoms with E-state index in [9.17, 15) is 9.59 Å². The number of hydrogen-bond donors (Lipinski definition) is 2. The number of carbonyl (C=O) groups excluding carboxylic acids is 1. The number of para-hydroxylation sites is 1. The van der Waals surface area contributed by atoms with Crippen LogP contribution in [0.25, 0.3) is 16.6 Å². The molecule has 0 bridgehead atoms. The van der Waals surface area contributed by atoms with Crippen LogP contribution in [0.4, 0.5) is 0 Å². The maximum Gasteiger partial charge on any atom is 0.266 e. The number of hydrogen-bond acceptors (Lipinski definition) is 5. The number of benzene rings is 2. The van der Waals surface area contributed by atoms with Crippen molar-refractivity contribution in [2.75, 3.05) is 39.4 Å². The third-order valence-corrected chi connectivity index (χ3v) is 5.29. The molecule has 1 fully saturated rings. The fourth-order valence-corrected chi connectivity index (χ4v) is 3.71. The number of aromatic nitrogens is 2. The van der Waals surface area contributed by atoms with Gasteiger partial charge in [0, 0.05) is 31.7 Å². The van der Waals surface area contributed by atoms with Gasteiger partial charge in [-0.15, -0.1) is 0 Å². The third kappa shape index (κ3) is 4.29. The minimum Gasteiger partial charge on any atom is -0.379 e. The molecular weight excluding hydrogens is 388 g/mol. The molecule has 1 aromatic heterocycles. The Morgan fingerprint density at radius 1 is 1.10 bits per heavy atom. The van der Waals surface area contributed by atoms with E-state index in [1.54, 1.807) is 30.3 Å². The molecular formula is C21H22N4O3S. The highest BCUT2D eigenvalue weighted by Crippen LogP contribution is 2.12. The second-order valence-electron chi connectivity index (χ2n) is 6.87. The van der Waals surface area contributed by atoms with E-state index in [-0.39, 0.29) is 11.5 Å². The van der Waals surface area contributed by atoms with Crippen molar-refractivity contribution in [3.8, 4) is 5.69 Å². The van der Waals surface area contributed by atoms with Crippen LogP contribution in [0.5, 0.6) is 0 Å². The van der Waals surface area contributed by atoms with Crippen LogP contribution >= 0.6 is 12.2 Å². The van der Waals surface area contributed by atoms with Gasteiger partial charge in [-0.05, 0) is 48.6 Å². The predicted octanol–water partition coefficient (Wildman–Crippen LogP) is 2.11. The first-order valence-electron chi connectivity index (χ1n) is 9.56. The van der Waals surface area contributed by atoms with Gasteiger partial charge in [-0.3, -0.25) is 19.1 Å². The molecule has 0 atom stereocenters. The lowest BCUT2D eigenvalue weighted by Gasteiger charge is -2.26. The molecule has 8 heteroatoms. The standard InChI is InChI=1S/C21H22N4O3S/c26-19(22-9-10-24-11-13-28-14-12-24)15-5-7-16(8-6-15)25-20(27)17-3-1-2-4-18(17)23-21(25)29/h1-8H,9-14H2,(H,22,26)(H,23,29). The average Bonchev–Trinajstić information content (AvgIpc) is 2.75. The summed E-state index contributed by atoms with van der Waals surface area (Å²) in [5.74, 6) is -0.138. The molecule has 3 aromatic rings. The lowest BCUT2D eigenvalue weighted by Crippen LogP contribution is -2.41. The van der Waals surface area contributed by atoms with E-state index < -0.39 is 0 Å². The highest BCUT2D eigenvalue weighted by atomic mass is 32.1. The van der Waals surface area contributed by atoms with Crippen molar-refractivity contribution >= 4 is 29.0 Å². The Labute approximate surface area is 172 Å². The molecule has 1 saturated heterocycles. The lowest BCUT2D eigenvalue weighted by molar-refractivity contribution is 0.0383. The van der Waals surface area contributed by atoms with Crippen molar-refractivity contribution < 1.29 is 9.53 Å². The van der Waals surface area contributed by atoms with E-state index >= 15 is 0 Å². The van der Waals surface area contributed by atoms with Gasteiger partial charge in [-0.1, -0.05) is 12.1 Å². The summed E-state index contributed by atoms with van der Waals surface area (Å²) in [6.07, 6.45) is 0. The molecule has 29 heavy (non-hydrogen) atoms. The minimum atomic E-state index is -0.188. The zero-order valence-corrected chi connectivity index (χ0v) is 16.7.